The van der Waals surface area contributed by atoms with Crippen molar-refractivity contribution in [1.82, 2.24) is 19.8 Å². The molecule has 2 aliphatic rings. The number of anilines is 1. The Morgan fingerprint density at radius 3 is 2.62 bits per heavy atom. The summed E-state index contributed by atoms with van der Waals surface area (Å²) in [7, 11) is 3.67. The van der Waals surface area contributed by atoms with Crippen molar-refractivity contribution in [2.45, 2.75) is 58.0 Å². The molecular formula is C19H29N5O2. The molecule has 0 bridgehead atoms. The molecule has 2 fully saturated rings. The van der Waals surface area contributed by atoms with Crippen LogP contribution < -0.4 is 5.32 Å². The zero-order valence-corrected chi connectivity index (χ0v) is 16.0. The van der Waals surface area contributed by atoms with Gasteiger partial charge in [-0.25, -0.2) is 9.97 Å². The molecule has 1 aliphatic heterocycles. The predicted octanol–water partition coefficient (Wildman–Crippen LogP) is 2.35. The lowest BCUT2D eigenvalue weighted by Crippen LogP contribution is -2.32. The molecule has 7 heteroatoms. The second kappa shape index (κ2) is 8.01. The molecule has 3 rings (SSSR count). The molecule has 1 saturated heterocycles. The third-order valence-electron chi connectivity index (χ3n) is 5.49. The van der Waals surface area contributed by atoms with Crippen LogP contribution in [0.5, 0.6) is 0 Å². The summed E-state index contributed by atoms with van der Waals surface area (Å²) in [5.74, 6) is 1.82. The average molecular weight is 359 g/mol. The molecular weight excluding hydrogens is 330 g/mol. The first-order valence-corrected chi connectivity index (χ1v) is 9.57. The van der Waals surface area contributed by atoms with E-state index in [0.717, 1.165) is 56.6 Å². The maximum Gasteiger partial charge on any atom is 0.225 e. The van der Waals surface area contributed by atoms with Crippen LogP contribution >= 0.6 is 0 Å². The SMILES string of the molecule is CNc1cc(CN(C)C(=O)C2CCCC2)nc([C@H]2CCCN2C(C)=O)n1. The topological polar surface area (TPSA) is 78.4 Å². The highest BCUT2D eigenvalue weighted by molar-refractivity contribution is 5.78. The molecule has 1 aromatic rings. The smallest absolute Gasteiger partial charge is 0.225 e. The van der Waals surface area contributed by atoms with Gasteiger partial charge in [0.25, 0.3) is 0 Å². The number of carbonyl (C=O) groups excluding carboxylic acids is 2. The molecule has 0 spiro atoms. The Morgan fingerprint density at radius 2 is 1.96 bits per heavy atom. The van der Waals surface area contributed by atoms with Crippen LogP contribution in [-0.2, 0) is 16.1 Å². The number of rotatable bonds is 5. The van der Waals surface area contributed by atoms with E-state index in [1.807, 2.05) is 25.1 Å². The highest BCUT2D eigenvalue weighted by atomic mass is 16.2. The molecule has 0 aromatic carbocycles. The fourth-order valence-corrected chi connectivity index (χ4v) is 4.09. The van der Waals surface area contributed by atoms with Crippen molar-refractivity contribution < 1.29 is 9.59 Å². The summed E-state index contributed by atoms with van der Waals surface area (Å²) < 4.78 is 0. The standard InChI is InChI=1S/C19H29N5O2/c1-13(25)24-10-6-9-16(24)18-21-15(11-17(20-2)22-18)12-23(3)19(26)14-7-4-5-8-14/h11,14,16H,4-10,12H2,1-3H3,(H,20,21,22)/t16-/m1/s1. The van der Waals surface area contributed by atoms with E-state index in [1.165, 1.54) is 0 Å². The number of nitrogens with one attached hydrogen (secondary N) is 1. The third kappa shape index (κ3) is 3.97. The van der Waals surface area contributed by atoms with E-state index >= 15 is 0 Å². The monoisotopic (exact) mass is 359 g/mol. The number of hydrogen-bond acceptors (Lipinski definition) is 5. The number of aromatic nitrogens is 2. The molecule has 1 saturated carbocycles. The number of amides is 2. The summed E-state index contributed by atoms with van der Waals surface area (Å²) in [6.45, 7) is 2.81. The minimum absolute atomic E-state index is 0.0565. The van der Waals surface area contributed by atoms with Gasteiger partial charge < -0.3 is 15.1 Å². The van der Waals surface area contributed by atoms with Crippen molar-refractivity contribution in [1.29, 1.82) is 0 Å². The summed E-state index contributed by atoms with van der Waals surface area (Å²) in [6.07, 6.45) is 6.13. The Bertz CT molecular complexity index is 672. The van der Waals surface area contributed by atoms with Gasteiger partial charge in [-0.05, 0) is 25.7 Å². The minimum atomic E-state index is -0.0737. The molecule has 2 heterocycles. The normalized spacial score (nSPS) is 20.4. The predicted molar refractivity (Wildman–Crippen MR) is 99.4 cm³/mol. The largest absolute Gasteiger partial charge is 0.373 e. The van der Waals surface area contributed by atoms with Crippen LogP contribution in [-0.4, -0.2) is 52.2 Å². The van der Waals surface area contributed by atoms with E-state index in [0.29, 0.717) is 12.4 Å². The van der Waals surface area contributed by atoms with Gasteiger partial charge in [-0.1, -0.05) is 12.8 Å². The lowest BCUT2D eigenvalue weighted by atomic mass is 10.1. The van der Waals surface area contributed by atoms with Gasteiger partial charge in [0, 0.05) is 39.5 Å². The Balaban J connectivity index is 1.79. The van der Waals surface area contributed by atoms with E-state index < -0.39 is 0 Å². The highest BCUT2D eigenvalue weighted by Gasteiger charge is 2.31. The Kier molecular flexibility index (Phi) is 5.74. The number of carbonyl (C=O) groups is 2. The van der Waals surface area contributed by atoms with Crippen LogP contribution in [0.1, 0.15) is 63.0 Å². The van der Waals surface area contributed by atoms with E-state index in [4.69, 9.17) is 4.98 Å². The third-order valence-corrected chi connectivity index (χ3v) is 5.49. The number of likely N-dealkylation sites (tertiary alicyclic amines) is 1. The summed E-state index contributed by atoms with van der Waals surface area (Å²) in [5.41, 5.74) is 0.809. The maximum absolute atomic E-state index is 12.6. The molecule has 1 N–H and O–H groups in total. The zero-order chi connectivity index (χ0) is 18.7. The second-order valence-corrected chi connectivity index (χ2v) is 7.40. The van der Waals surface area contributed by atoms with E-state index in [2.05, 4.69) is 10.3 Å². The van der Waals surface area contributed by atoms with Crippen LogP contribution in [0.2, 0.25) is 0 Å². The van der Waals surface area contributed by atoms with Gasteiger partial charge in [-0.2, -0.15) is 0 Å². The fraction of sp³-hybridized carbons (Fsp3) is 0.684. The summed E-state index contributed by atoms with van der Waals surface area (Å²) in [5, 5.41) is 3.07. The molecule has 0 radical (unpaired) electrons. The zero-order valence-electron chi connectivity index (χ0n) is 16.0. The van der Waals surface area contributed by atoms with E-state index in [9.17, 15) is 9.59 Å². The van der Waals surface area contributed by atoms with Crippen molar-refractivity contribution in [2.24, 2.45) is 5.92 Å². The first-order chi connectivity index (χ1) is 12.5. The van der Waals surface area contributed by atoms with Gasteiger partial charge in [0.15, 0.2) is 5.82 Å². The van der Waals surface area contributed by atoms with Gasteiger partial charge >= 0.3 is 0 Å². The molecule has 7 nitrogen and oxygen atoms in total. The average Bonchev–Trinajstić information content (AvgIpc) is 3.32. The van der Waals surface area contributed by atoms with Gasteiger partial charge in [-0.15, -0.1) is 0 Å². The van der Waals surface area contributed by atoms with Gasteiger partial charge in [0.05, 0.1) is 18.3 Å². The van der Waals surface area contributed by atoms with Crippen LogP contribution in [0.3, 0.4) is 0 Å². The van der Waals surface area contributed by atoms with Crippen LogP contribution in [0.25, 0.3) is 0 Å². The van der Waals surface area contributed by atoms with Crippen molar-refractivity contribution in [3.63, 3.8) is 0 Å². The van der Waals surface area contributed by atoms with Crippen LogP contribution in [0, 0.1) is 5.92 Å². The first kappa shape index (κ1) is 18.6. The highest BCUT2D eigenvalue weighted by Crippen LogP contribution is 2.31. The first-order valence-electron chi connectivity index (χ1n) is 9.57. The summed E-state index contributed by atoms with van der Waals surface area (Å²) in [6, 6.07) is 1.81. The molecule has 142 valence electrons. The molecule has 2 amide bonds. The second-order valence-electron chi connectivity index (χ2n) is 7.40. The quantitative estimate of drug-likeness (QED) is 0.873. The Labute approximate surface area is 155 Å². The van der Waals surface area contributed by atoms with Crippen LogP contribution in [0.4, 0.5) is 5.82 Å². The molecule has 1 aliphatic carbocycles. The minimum Gasteiger partial charge on any atom is -0.373 e. The van der Waals surface area contributed by atoms with Gasteiger partial charge in [0.2, 0.25) is 11.8 Å². The lowest BCUT2D eigenvalue weighted by molar-refractivity contribution is -0.134. The van der Waals surface area contributed by atoms with E-state index in [-0.39, 0.29) is 23.8 Å². The maximum atomic E-state index is 12.6. The number of nitrogens with zero attached hydrogens (tertiary/aromatic N) is 4. The molecule has 26 heavy (non-hydrogen) atoms. The summed E-state index contributed by atoms with van der Waals surface area (Å²) >= 11 is 0. The van der Waals surface area contributed by atoms with E-state index in [1.54, 1.807) is 11.8 Å². The summed E-state index contributed by atoms with van der Waals surface area (Å²) in [4.78, 5) is 37.4. The molecule has 0 unspecified atom stereocenters. The number of hydrogen-bond donors (Lipinski definition) is 1. The van der Waals surface area contributed by atoms with Crippen molar-refractivity contribution >= 4 is 17.6 Å². The lowest BCUT2D eigenvalue weighted by Gasteiger charge is -2.24. The van der Waals surface area contributed by atoms with Crippen molar-refractivity contribution in [2.75, 3.05) is 26.0 Å². The van der Waals surface area contributed by atoms with Crippen LogP contribution in [0.15, 0.2) is 6.07 Å². The Morgan fingerprint density at radius 1 is 1.23 bits per heavy atom. The van der Waals surface area contributed by atoms with Crippen molar-refractivity contribution in [3.05, 3.63) is 17.6 Å². The van der Waals surface area contributed by atoms with Gasteiger partial charge in [-0.3, -0.25) is 9.59 Å². The molecule has 1 atom stereocenters. The van der Waals surface area contributed by atoms with Gasteiger partial charge in [0.1, 0.15) is 5.82 Å². The fourth-order valence-electron chi connectivity index (χ4n) is 4.09. The van der Waals surface area contributed by atoms with Crippen molar-refractivity contribution in [3.8, 4) is 0 Å². The Hall–Kier alpha value is -2.18. The molecule has 1 aromatic heterocycles.